The third-order valence-electron chi connectivity index (χ3n) is 4.36. The summed E-state index contributed by atoms with van der Waals surface area (Å²) in [5.41, 5.74) is 0.751. The highest BCUT2D eigenvalue weighted by atomic mass is 19.1. The van der Waals surface area contributed by atoms with Crippen molar-refractivity contribution in [1.29, 1.82) is 0 Å². The van der Waals surface area contributed by atoms with Gasteiger partial charge in [0.25, 0.3) is 0 Å². The molecule has 0 saturated carbocycles. The van der Waals surface area contributed by atoms with Gasteiger partial charge >= 0.3 is 0 Å². The van der Waals surface area contributed by atoms with Crippen molar-refractivity contribution in [1.82, 2.24) is 15.2 Å². The van der Waals surface area contributed by atoms with Crippen LogP contribution in [-0.4, -0.2) is 49.3 Å². The molecule has 0 bridgehead atoms. The summed E-state index contributed by atoms with van der Waals surface area (Å²) in [5.74, 6) is 0.142. The van der Waals surface area contributed by atoms with Crippen molar-refractivity contribution in [2.75, 3.05) is 39.4 Å². The first kappa shape index (κ1) is 13.9. The van der Waals surface area contributed by atoms with Crippen molar-refractivity contribution in [3.8, 4) is 0 Å². The van der Waals surface area contributed by atoms with E-state index < -0.39 is 0 Å². The van der Waals surface area contributed by atoms with Crippen LogP contribution in [0, 0.1) is 11.9 Å². The molecule has 2 saturated heterocycles. The highest BCUT2D eigenvalue weighted by Gasteiger charge is 2.33. The van der Waals surface area contributed by atoms with Crippen LogP contribution in [0.2, 0.25) is 0 Å². The number of nitrogens with zero attached hydrogens (tertiary/aromatic N) is 2. The van der Waals surface area contributed by atoms with Crippen molar-refractivity contribution in [3.63, 3.8) is 0 Å². The molecule has 3 heterocycles. The van der Waals surface area contributed by atoms with Gasteiger partial charge < -0.3 is 10.1 Å². The van der Waals surface area contributed by atoms with Crippen molar-refractivity contribution in [2.45, 2.75) is 18.9 Å². The first-order valence-electron chi connectivity index (χ1n) is 7.49. The van der Waals surface area contributed by atoms with E-state index in [2.05, 4.69) is 15.2 Å². The minimum absolute atomic E-state index is 0.134. The number of nitrogens with one attached hydrogen (secondary N) is 1. The van der Waals surface area contributed by atoms with E-state index in [4.69, 9.17) is 4.74 Å². The number of hydrogen-bond donors (Lipinski definition) is 1. The van der Waals surface area contributed by atoms with Gasteiger partial charge in [0.2, 0.25) is 5.95 Å². The zero-order valence-corrected chi connectivity index (χ0v) is 11.7. The van der Waals surface area contributed by atoms with E-state index in [1.54, 1.807) is 0 Å². The van der Waals surface area contributed by atoms with Gasteiger partial charge in [-0.1, -0.05) is 6.07 Å². The van der Waals surface area contributed by atoms with Crippen molar-refractivity contribution in [3.05, 3.63) is 29.8 Å². The molecular weight excluding hydrogens is 257 g/mol. The van der Waals surface area contributed by atoms with Crippen molar-refractivity contribution in [2.24, 2.45) is 5.92 Å². The Hall–Kier alpha value is -1.04. The molecule has 0 amide bonds. The highest BCUT2D eigenvalue weighted by Crippen LogP contribution is 2.35. The van der Waals surface area contributed by atoms with Crippen LogP contribution in [-0.2, 0) is 4.74 Å². The zero-order chi connectivity index (χ0) is 13.8. The van der Waals surface area contributed by atoms with Crippen LogP contribution in [0.25, 0.3) is 0 Å². The summed E-state index contributed by atoms with van der Waals surface area (Å²) in [6.07, 6.45) is 3.53. The first-order chi connectivity index (χ1) is 9.86. The normalized spacial score (nSPS) is 23.6. The smallest absolute Gasteiger partial charge is 0.217 e. The lowest BCUT2D eigenvalue weighted by atomic mass is 9.86. The fourth-order valence-electron chi connectivity index (χ4n) is 3.36. The maximum atomic E-state index is 14.2. The van der Waals surface area contributed by atoms with Gasteiger partial charge in [-0.05, 0) is 24.8 Å². The van der Waals surface area contributed by atoms with Crippen molar-refractivity contribution < 1.29 is 9.13 Å². The molecule has 2 aliphatic rings. The van der Waals surface area contributed by atoms with Gasteiger partial charge in [-0.25, -0.2) is 4.98 Å². The summed E-state index contributed by atoms with van der Waals surface area (Å²) < 4.78 is 19.6. The Morgan fingerprint density at radius 1 is 1.30 bits per heavy atom. The average molecular weight is 279 g/mol. The van der Waals surface area contributed by atoms with Gasteiger partial charge in [-0.2, -0.15) is 4.39 Å². The number of hydrogen-bond acceptors (Lipinski definition) is 4. The van der Waals surface area contributed by atoms with Crippen LogP contribution in [0.4, 0.5) is 4.39 Å². The summed E-state index contributed by atoms with van der Waals surface area (Å²) >= 11 is 0. The van der Waals surface area contributed by atoms with Crippen LogP contribution in [0.15, 0.2) is 18.3 Å². The molecule has 0 spiro atoms. The maximum Gasteiger partial charge on any atom is 0.217 e. The standard InChI is InChI=1S/C15H22FN3O/c16-15-13(2-1-5-18-15)14(12-3-10-20-11-4-12)19-8-6-17-7-9-19/h1-2,5,12,14,17H,3-4,6-11H2/t14-/m1/s1. The lowest BCUT2D eigenvalue weighted by molar-refractivity contribution is 0.0200. The Balaban J connectivity index is 1.87. The van der Waals surface area contributed by atoms with Gasteiger partial charge in [0, 0.05) is 57.2 Å². The highest BCUT2D eigenvalue weighted by molar-refractivity contribution is 5.17. The van der Waals surface area contributed by atoms with Crippen LogP contribution < -0.4 is 5.32 Å². The van der Waals surface area contributed by atoms with Crippen LogP contribution >= 0.6 is 0 Å². The van der Waals surface area contributed by atoms with E-state index in [0.717, 1.165) is 57.8 Å². The van der Waals surface area contributed by atoms with E-state index in [-0.39, 0.29) is 12.0 Å². The summed E-state index contributed by atoms with van der Waals surface area (Å²) in [5, 5.41) is 3.36. The quantitative estimate of drug-likeness (QED) is 0.853. The molecule has 1 aromatic rings. The minimum atomic E-state index is -0.317. The molecule has 2 aliphatic heterocycles. The van der Waals surface area contributed by atoms with E-state index in [9.17, 15) is 4.39 Å². The Bertz CT molecular complexity index is 413. The molecular formula is C15H22FN3O. The molecule has 1 atom stereocenters. The summed E-state index contributed by atoms with van der Waals surface area (Å²) in [4.78, 5) is 6.26. The van der Waals surface area contributed by atoms with Crippen LogP contribution in [0.1, 0.15) is 24.4 Å². The lowest BCUT2D eigenvalue weighted by Crippen LogP contribution is -2.47. The molecule has 0 aromatic carbocycles. The number of rotatable bonds is 3. The second-order valence-electron chi connectivity index (χ2n) is 5.56. The third kappa shape index (κ3) is 3.00. The predicted octanol–water partition coefficient (Wildman–Crippen LogP) is 1.59. The Morgan fingerprint density at radius 2 is 2.05 bits per heavy atom. The van der Waals surface area contributed by atoms with Crippen LogP contribution in [0.5, 0.6) is 0 Å². The molecule has 2 fully saturated rings. The number of aromatic nitrogens is 1. The molecule has 1 aromatic heterocycles. The van der Waals surface area contributed by atoms with Gasteiger partial charge in [-0.3, -0.25) is 4.90 Å². The molecule has 1 N–H and O–H groups in total. The molecule has 3 rings (SSSR count). The Morgan fingerprint density at radius 3 is 2.75 bits per heavy atom. The SMILES string of the molecule is Fc1ncccc1[C@@H](C1CCOCC1)N1CCNCC1. The predicted molar refractivity (Wildman–Crippen MR) is 74.9 cm³/mol. The molecule has 0 aliphatic carbocycles. The molecule has 4 nitrogen and oxygen atoms in total. The summed E-state index contributed by atoms with van der Waals surface area (Å²) in [6, 6.07) is 3.87. The fourth-order valence-corrected chi connectivity index (χ4v) is 3.36. The van der Waals surface area contributed by atoms with E-state index in [1.807, 2.05) is 12.1 Å². The molecule has 0 unspecified atom stereocenters. The molecule has 5 heteroatoms. The third-order valence-corrected chi connectivity index (χ3v) is 4.36. The Kier molecular flexibility index (Phi) is 4.60. The summed E-state index contributed by atoms with van der Waals surface area (Å²) in [7, 11) is 0. The van der Waals surface area contributed by atoms with Crippen molar-refractivity contribution >= 4 is 0 Å². The number of halogens is 1. The van der Waals surface area contributed by atoms with Crippen LogP contribution in [0.3, 0.4) is 0 Å². The van der Waals surface area contributed by atoms with E-state index in [1.165, 1.54) is 6.20 Å². The van der Waals surface area contributed by atoms with Gasteiger partial charge in [0.05, 0.1) is 0 Å². The number of ether oxygens (including phenoxy) is 1. The Labute approximate surface area is 119 Å². The molecule has 0 radical (unpaired) electrons. The second-order valence-corrected chi connectivity index (χ2v) is 5.56. The van der Waals surface area contributed by atoms with Gasteiger partial charge in [0.1, 0.15) is 0 Å². The van der Waals surface area contributed by atoms with Gasteiger partial charge in [0.15, 0.2) is 0 Å². The number of pyridine rings is 1. The second kappa shape index (κ2) is 6.61. The molecule has 20 heavy (non-hydrogen) atoms. The average Bonchev–Trinajstić information content (AvgIpc) is 2.52. The monoisotopic (exact) mass is 279 g/mol. The largest absolute Gasteiger partial charge is 0.381 e. The van der Waals surface area contributed by atoms with Gasteiger partial charge in [-0.15, -0.1) is 0 Å². The minimum Gasteiger partial charge on any atom is -0.381 e. The lowest BCUT2D eigenvalue weighted by Gasteiger charge is -2.41. The van der Waals surface area contributed by atoms with E-state index in [0.29, 0.717) is 5.92 Å². The van der Waals surface area contributed by atoms with E-state index >= 15 is 0 Å². The topological polar surface area (TPSA) is 37.4 Å². The fraction of sp³-hybridized carbons (Fsp3) is 0.667. The first-order valence-corrected chi connectivity index (χ1v) is 7.49. The maximum absolute atomic E-state index is 14.2. The molecule has 110 valence electrons. The zero-order valence-electron chi connectivity index (χ0n) is 11.7. The number of piperazine rings is 1. The summed E-state index contributed by atoms with van der Waals surface area (Å²) in [6.45, 7) is 5.46.